The summed E-state index contributed by atoms with van der Waals surface area (Å²) in [6.07, 6.45) is 2.40. The van der Waals surface area contributed by atoms with E-state index < -0.39 is 0 Å². The molecule has 3 rings (SSSR count). The third-order valence-corrected chi connectivity index (χ3v) is 2.64. The summed E-state index contributed by atoms with van der Waals surface area (Å²) >= 11 is 0. The quantitative estimate of drug-likeness (QED) is 0.851. The summed E-state index contributed by atoms with van der Waals surface area (Å²) in [4.78, 5) is 4.35. The van der Waals surface area contributed by atoms with Crippen molar-refractivity contribution in [2.75, 3.05) is 5.32 Å². The summed E-state index contributed by atoms with van der Waals surface area (Å²) in [5, 5.41) is 7.20. The van der Waals surface area contributed by atoms with Crippen molar-refractivity contribution in [2.24, 2.45) is 0 Å². The monoisotopic (exact) mass is 215 g/mol. The lowest BCUT2D eigenvalue weighted by Gasteiger charge is -2.01. The zero-order valence-corrected chi connectivity index (χ0v) is 8.89. The molecule has 0 spiro atoms. The van der Waals surface area contributed by atoms with Gasteiger partial charge in [0.1, 0.15) is 0 Å². The second-order valence-electron chi connectivity index (χ2n) is 4.04. The number of nitrogens with zero attached hydrogens (tertiary/aromatic N) is 2. The Hall–Kier alpha value is -1.84. The average molecular weight is 215 g/mol. The van der Waals surface area contributed by atoms with Gasteiger partial charge in [-0.2, -0.15) is 4.98 Å². The fourth-order valence-electron chi connectivity index (χ4n) is 1.58. The summed E-state index contributed by atoms with van der Waals surface area (Å²) in [7, 11) is 0. The minimum Gasteiger partial charge on any atom is -0.376 e. The smallest absolute Gasteiger partial charge is 0.245 e. The maximum atomic E-state index is 5.16. The van der Waals surface area contributed by atoms with E-state index in [0.717, 1.165) is 11.5 Å². The van der Waals surface area contributed by atoms with Crippen molar-refractivity contribution in [3.8, 4) is 0 Å². The first-order chi connectivity index (χ1) is 7.92. The van der Waals surface area contributed by atoms with Gasteiger partial charge in [-0.1, -0.05) is 23.4 Å². The summed E-state index contributed by atoms with van der Waals surface area (Å²) < 4.78 is 5.16. The maximum Gasteiger partial charge on any atom is 0.245 e. The van der Waals surface area contributed by atoms with Crippen molar-refractivity contribution in [3.05, 3.63) is 42.0 Å². The van der Waals surface area contributed by atoms with Crippen molar-refractivity contribution >= 4 is 5.69 Å². The molecule has 0 aliphatic heterocycles. The van der Waals surface area contributed by atoms with Gasteiger partial charge in [0, 0.05) is 11.6 Å². The Bertz CT molecular complexity index is 462. The van der Waals surface area contributed by atoms with Crippen LogP contribution in [0.5, 0.6) is 0 Å². The van der Waals surface area contributed by atoms with Gasteiger partial charge in [0.15, 0.2) is 5.82 Å². The Morgan fingerprint density at radius 1 is 1.25 bits per heavy atom. The Labute approximate surface area is 93.7 Å². The second-order valence-corrected chi connectivity index (χ2v) is 4.04. The number of para-hydroxylation sites is 1. The Morgan fingerprint density at radius 3 is 2.81 bits per heavy atom. The average Bonchev–Trinajstić information content (AvgIpc) is 3.08. The molecule has 1 aliphatic carbocycles. The fourth-order valence-corrected chi connectivity index (χ4v) is 1.58. The van der Waals surface area contributed by atoms with Crippen LogP contribution in [0.2, 0.25) is 0 Å². The normalized spacial score (nSPS) is 15.0. The second kappa shape index (κ2) is 3.96. The highest BCUT2D eigenvalue weighted by molar-refractivity contribution is 5.42. The van der Waals surface area contributed by atoms with Gasteiger partial charge < -0.3 is 9.84 Å². The van der Waals surface area contributed by atoms with Crippen LogP contribution < -0.4 is 5.32 Å². The largest absolute Gasteiger partial charge is 0.376 e. The predicted octanol–water partition coefficient (Wildman–Crippen LogP) is 2.56. The van der Waals surface area contributed by atoms with E-state index in [-0.39, 0.29) is 0 Å². The molecule has 82 valence electrons. The third kappa shape index (κ3) is 2.05. The van der Waals surface area contributed by atoms with Crippen molar-refractivity contribution in [1.29, 1.82) is 0 Å². The molecule has 0 amide bonds. The molecule has 4 heteroatoms. The maximum absolute atomic E-state index is 5.16. The summed E-state index contributed by atoms with van der Waals surface area (Å²) in [6.45, 7) is 0.587. The van der Waals surface area contributed by atoms with Gasteiger partial charge in [0.2, 0.25) is 5.89 Å². The van der Waals surface area contributed by atoms with Crippen molar-refractivity contribution in [1.82, 2.24) is 10.1 Å². The molecule has 1 aromatic heterocycles. The molecule has 0 bridgehead atoms. The van der Waals surface area contributed by atoms with Gasteiger partial charge in [-0.15, -0.1) is 0 Å². The summed E-state index contributed by atoms with van der Waals surface area (Å²) in [5.41, 5.74) is 1.06. The zero-order chi connectivity index (χ0) is 10.8. The predicted molar refractivity (Wildman–Crippen MR) is 60.0 cm³/mol. The molecule has 16 heavy (non-hydrogen) atoms. The lowest BCUT2D eigenvalue weighted by molar-refractivity contribution is 0.378. The molecule has 1 aromatic carbocycles. The molecular formula is C12H13N3O. The topological polar surface area (TPSA) is 51.0 Å². The molecular weight excluding hydrogens is 202 g/mol. The molecule has 1 saturated carbocycles. The third-order valence-electron chi connectivity index (χ3n) is 2.64. The lowest BCUT2D eigenvalue weighted by Crippen LogP contribution is -1.99. The number of rotatable bonds is 4. The van der Waals surface area contributed by atoms with Crippen LogP contribution in [0.4, 0.5) is 5.69 Å². The highest BCUT2D eigenvalue weighted by Gasteiger charge is 2.28. The molecule has 0 unspecified atom stereocenters. The SMILES string of the molecule is c1ccc(NCc2nc(C3CC3)no2)cc1. The number of hydrogen-bond donors (Lipinski definition) is 1. The van der Waals surface area contributed by atoms with Crippen LogP contribution in [-0.4, -0.2) is 10.1 Å². The molecule has 0 saturated heterocycles. The van der Waals surface area contributed by atoms with Gasteiger partial charge in [-0.25, -0.2) is 0 Å². The molecule has 1 N–H and O–H groups in total. The van der Waals surface area contributed by atoms with Gasteiger partial charge in [0.05, 0.1) is 6.54 Å². The van der Waals surface area contributed by atoms with E-state index in [0.29, 0.717) is 18.4 Å². The molecule has 0 atom stereocenters. The Morgan fingerprint density at radius 2 is 2.06 bits per heavy atom. The minimum absolute atomic E-state index is 0.550. The van der Waals surface area contributed by atoms with Gasteiger partial charge in [-0.3, -0.25) is 0 Å². The Balaban J connectivity index is 1.61. The molecule has 1 aliphatic rings. The summed E-state index contributed by atoms with van der Waals surface area (Å²) in [5.74, 6) is 2.07. The van der Waals surface area contributed by atoms with E-state index in [1.165, 1.54) is 12.8 Å². The molecule has 0 radical (unpaired) electrons. The Kier molecular flexibility index (Phi) is 2.33. The molecule has 1 fully saturated rings. The fraction of sp³-hybridized carbons (Fsp3) is 0.333. The summed E-state index contributed by atoms with van der Waals surface area (Å²) in [6, 6.07) is 10.00. The number of aromatic nitrogens is 2. The first-order valence-electron chi connectivity index (χ1n) is 5.53. The minimum atomic E-state index is 0.550. The number of hydrogen-bond acceptors (Lipinski definition) is 4. The van der Waals surface area contributed by atoms with Crippen LogP contribution in [0.3, 0.4) is 0 Å². The number of benzene rings is 1. The zero-order valence-electron chi connectivity index (χ0n) is 8.89. The lowest BCUT2D eigenvalue weighted by atomic mass is 10.3. The van der Waals surface area contributed by atoms with Crippen molar-refractivity contribution in [2.45, 2.75) is 25.3 Å². The van der Waals surface area contributed by atoms with E-state index in [4.69, 9.17) is 4.52 Å². The first-order valence-corrected chi connectivity index (χ1v) is 5.53. The number of anilines is 1. The first kappa shape index (κ1) is 9.39. The van der Waals surface area contributed by atoms with E-state index in [1.54, 1.807) is 0 Å². The number of nitrogens with one attached hydrogen (secondary N) is 1. The van der Waals surface area contributed by atoms with E-state index >= 15 is 0 Å². The van der Waals surface area contributed by atoms with E-state index in [1.807, 2.05) is 30.3 Å². The van der Waals surface area contributed by atoms with E-state index in [2.05, 4.69) is 15.5 Å². The van der Waals surface area contributed by atoms with Gasteiger partial charge >= 0.3 is 0 Å². The van der Waals surface area contributed by atoms with Crippen LogP contribution >= 0.6 is 0 Å². The van der Waals surface area contributed by atoms with Gasteiger partial charge in [0.25, 0.3) is 0 Å². The standard InChI is InChI=1S/C12H13N3O/c1-2-4-10(5-3-1)13-8-11-14-12(15-16-11)9-6-7-9/h1-5,9,13H,6-8H2. The van der Waals surface area contributed by atoms with Crippen LogP contribution in [0, 0.1) is 0 Å². The molecule has 4 nitrogen and oxygen atoms in total. The van der Waals surface area contributed by atoms with Crippen LogP contribution in [0.15, 0.2) is 34.9 Å². The molecule has 1 heterocycles. The van der Waals surface area contributed by atoms with Crippen molar-refractivity contribution in [3.63, 3.8) is 0 Å². The highest BCUT2D eigenvalue weighted by Crippen LogP contribution is 2.38. The van der Waals surface area contributed by atoms with E-state index in [9.17, 15) is 0 Å². The molecule has 2 aromatic rings. The van der Waals surface area contributed by atoms with Crippen LogP contribution in [0.25, 0.3) is 0 Å². The van der Waals surface area contributed by atoms with Gasteiger partial charge in [-0.05, 0) is 25.0 Å². The highest BCUT2D eigenvalue weighted by atomic mass is 16.5. The van der Waals surface area contributed by atoms with Crippen LogP contribution in [0.1, 0.15) is 30.5 Å². The van der Waals surface area contributed by atoms with Crippen molar-refractivity contribution < 1.29 is 4.52 Å². The van der Waals surface area contributed by atoms with Crippen LogP contribution in [-0.2, 0) is 6.54 Å².